The Hall–Kier alpha value is -2.73. The van der Waals surface area contributed by atoms with Gasteiger partial charge in [-0.3, -0.25) is 9.78 Å². The standard InChI is InChI=1S/C18H18N4O2/c1-11-4-13(2-3-19-11)15-6-14-8-20-17(7-16(14)21-15)22-18(23)5-12-9-24-10-12/h2-4,6-8,12,21H,5,9-10H2,1H3,(H,20,22,23). The molecule has 0 unspecified atom stereocenters. The minimum atomic E-state index is -0.0216. The van der Waals surface area contributed by atoms with Crippen molar-refractivity contribution >= 4 is 22.6 Å². The molecular weight excluding hydrogens is 304 g/mol. The van der Waals surface area contributed by atoms with E-state index in [9.17, 15) is 4.79 Å². The third-order valence-electron chi connectivity index (χ3n) is 4.16. The Balaban J connectivity index is 1.55. The fourth-order valence-corrected chi connectivity index (χ4v) is 2.82. The molecule has 0 radical (unpaired) electrons. The van der Waals surface area contributed by atoms with Crippen molar-refractivity contribution in [1.29, 1.82) is 0 Å². The molecule has 3 aromatic heterocycles. The molecule has 2 N–H and O–H groups in total. The monoisotopic (exact) mass is 322 g/mol. The molecule has 0 aromatic carbocycles. The van der Waals surface area contributed by atoms with Crippen molar-refractivity contribution in [3.05, 3.63) is 42.4 Å². The van der Waals surface area contributed by atoms with Gasteiger partial charge >= 0.3 is 0 Å². The number of nitrogens with zero attached hydrogens (tertiary/aromatic N) is 2. The normalized spacial score (nSPS) is 14.5. The topological polar surface area (TPSA) is 79.9 Å². The van der Waals surface area contributed by atoms with Gasteiger partial charge in [0.25, 0.3) is 0 Å². The highest BCUT2D eigenvalue weighted by molar-refractivity contribution is 5.93. The van der Waals surface area contributed by atoms with E-state index in [-0.39, 0.29) is 5.91 Å². The van der Waals surface area contributed by atoms with Crippen LogP contribution >= 0.6 is 0 Å². The smallest absolute Gasteiger partial charge is 0.225 e. The van der Waals surface area contributed by atoms with Crippen LogP contribution in [0.4, 0.5) is 5.82 Å². The SMILES string of the molecule is Cc1cc(-c2cc3cnc(NC(=O)CC4COC4)cc3[nH]2)ccn1. The van der Waals surface area contributed by atoms with E-state index in [0.29, 0.717) is 31.4 Å². The first-order valence-electron chi connectivity index (χ1n) is 7.97. The summed E-state index contributed by atoms with van der Waals surface area (Å²) in [5.74, 6) is 0.875. The van der Waals surface area contributed by atoms with Crippen LogP contribution < -0.4 is 5.32 Å². The van der Waals surface area contributed by atoms with Crippen LogP contribution in [0.5, 0.6) is 0 Å². The number of aryl methyl sites for hydroxylation is 1. The van der Waals surface area contributed by atoms with Gasteiger partial charge in [0, 0.05) is 53.1 Å². The summed E-state index contributed by atoms with van der Waals surface area (Å²) in [6.45, 7) is 3.31. The molecule has 122 valence electrons. The van der Waals surface area contributed by atoms with E-state index in [1.165, 1.54) is 0 Å². The van der Waals surface area contributed by atoms with Crippen LogP contribution in [0.2, 0.25) is 0 Å². The molecule has 0 atom stereocenters. The number of anilines is 1. The number of fused-ring (bicyclic) bond motifs is 1. The van der Waals surface area contributed by atoms with E-state index < -0.39 is 0 Å². The van der Waals surface area contributed by atoms with Crippen LogP contribution in [0.25, 0.3) is 22.2 Å². The minimum absolute atomic E-state index is 0.0216. The van der Waals surface area contributed by atoms with Gasteiger partial charge in [0.2, 0.25) is 5.91 Å². The summed E-state index contributed by atoms with van der Waals surface area (Å²) in [4.78, 5) is 23.9. The lowest BCUT2D eigenvalue weighted by molar-refractivity contribution is -0.121. The van der Waals surface area contributed by atoms with Crippen molar-refractivity contribution in [1.82, 2.24) is 15.0 Å². The molecule has 6 heteroatoms. The maximum Gasteiger partial charge on any atom is 0.225 e. The Labute approximate surface area is 139 Å². The molecule has 1 saturated heterocycles. The first kappa shape index (κ1) is 14.8. The highest BCUT2D eigenvalue weighted by Gasteiger charge is 2.21. The van der Waals surface area contributed by atoms with Crippen LogP contribution in [-0.4, -0.2) is 34.1 Å². The van der Waals surface area contributed by atoms with Crippen molar-refractivity contribution in [3.8, 4) is 11.3 Å². The molecular formula is C18H18N4O2. The zero-order valence-corrected chi connectivity index (χ0v) is 13.4. The van der Waals surface area contributed by atoms with Crippen molar-refractivity contribution in [2.45, 2.75) is 13.3 Å². The summed E-state index contributed by atoms with van der Waals surface area (Å²) in [6, 6.07) is 7.91. The van der Waals surface area contributed by atoms with Crippen LogP contribution in [0.15, 0.2) is 36.7 Å². The summed E-state index contributed by atoms with van der Waals surface area (Å²) in [5, 5.41) is 3.86. The molecule has 0 aliphatic carbocycles. The number of hydrogen-bond donors (Lipinski definition) is 2. The number of nitrogens with one attached hydrogen (secondary N) is 2. The first-order chi connectivity index (χ1) is 11.7. The van der Waals surface area contributed by atoms with Crippen LogP contribution in [0.1, 0.15) is 12.1 Å². The summed E-state index contributed by atoms with van der Waals surface area (Å²) < 4.78 is 5.09. The number of H-pyrrole nitrogens is 1. The fraction of sp³-hybridized carbons (Fsp3) is 0.278. The van der Waals surface area contributed by atoms with Crippen LogP contribution in [0, 0.1) is 12.8 Å². The number of amides is 1. The van der Waals surface area contributed by atoms with Gasteiger partial charge in [0.15, 0.2) is 0 Å². The van der Waals surface area contributed by atoms with E-state index in [0.717, 1.165) is 27.9 Å². The summed E-state index contributed by atoms with van der Waals surface area (Å²) in [6.07, 6.45) is 4.04. The third kappa shape index (κ3) is 3.00. The number of pyridine rings is 2. The van der Waals surface area contributed by atoms with Gasteiger partial charge in [-0.15, -0.1) is 0 Å². The highest BCUT2D eigenvalue weighted by Crippen LogP contribution is 2.25. The molecule has 0 spiro atoms. The fourth-order valence-electron chi connectivity index (χ4n) is 2.82. The summed E-state index contributed by atoms with van der Waals surface area (Å²) in [5.41, 5.74) is 4.00. The molecule has 3 aromatic rings. The lowest BCUT2D eigenvalue weighted by Gasteiger charge is -2.24. The van der Waals surface area contributed by atoms with E-state index >= 15 is 0 Å². The maximum atomic E-state index is 12.0. The molecule has 1 aliphatic heterocycles. The quantitative estimate of drug-likeness (QED) is 0.774. The van der Waals surface area contributed by atoms with Gasteiger partial charge < -0.3 is 15.0 Å². The molecule has 24 heavy (non-hydrogen) atoms. The molecule has 4 rings (SSSR count). The van der Waals surface area contributed by atoms with Crippen LogP contribution in [0.3, 0.4) is 0 Å². The number of hydrogen-bond acceptors (Lipinski definition) is 4. The Morgan fingerprint density at radius 1 is 1.33 bits per heavy atom. The molecule has 0 bridgehead atoms. The predicted octanol–water partition coefficient (Wildman–Crippen LogP) is 2.91. The Morgan fingerprint density at radius 3 is 2.96 bits per heavy atom. The average molecular weight is 322 g/mol. The van der Waals surface area contributed by atoms with Gasteiger partial charge in [0.05, 0.1) is 18.7 Å². The number of carbonyl (C=O) groups excluding carboxylic acids is 1. The second kappa shape index (κ2) is 6.05. The van der Waals surface area contributed by atoms with Gasteiger partial charge in [-0.1, -0.05) is 0 Å². The Kier molecular flexibility index (Phi) is 3.74. The summed E-state index contributed by atoms with van der Waals surface area (Å²) in [7, 11) is 0. The van der Waals surface area contributed by atoms with E-state index in [2.05, 4.69) is 26.3 Å². The second-order valence-electron chi connectivity index (χ2n) is 6.18. The molecule has 4 heterocycles. The van der Waals surface area contributed by atoms with Crippen molar-refractivity contribution < 1.29 is 9.53 Å². The predicted molar refractivity (Wildman–Crippen MR) is 91.6 cm³/mol. The number of aromatic nitrogens is 3. The zero-order valence-electron chi connectivity index (χ0n) is 13.4. The van der Waals surface area contributed by atoms with Crippen molar-refractivity contribution in [3.63, 3.8) is 0 Å². The van der Waals surface area contributed by atoms with Crippen molar-refractivity contribution in [2.24, 2.45) is 5.92 Å². The molecule has 1 aliphatic rings. The number of rotatable bonds is 4. The largest absolute Gasteiger partial charge is 0.381 e. The number of ether oxygens (including phenoxy) is 1. The van der Waals surface area contributed by atoms with E-state index in [4.69, 9.17) is 4.74 Å². The van der Waals surface area contributed by atoms with Gasteiger partial charge in [0.1, 0.15) is 5.82 Å². The summed E-state index contributed by atoms with van der Waals surface area (Å²) >= 11 is 0. The molecule has 1 fully saturated rings. The van der Waals surface area contributed by atoms with Gasteiger partial charge in [-0.2, -0.15) is 0 Å². The van der Waals surface area contributed by atoms with Gasteiger partial charge in [-0.25, -0.2) is 4.98 Å². The lowest BCUT2D eigenvalue weighted by Crippen LogP contribution is -2.31. The first-order valence-corrected chi connectivity index (χ1v) is 7.97. The number of aromatic amines is 1. The zero-order chi connectivity index (χ0) is 16.5. The third-order valence-corrected chi connectivity index (χ3v) is 4.16. The molecule has 1 amide bonds. The maximum absolute atomic E-state index is 12.0. The second-order valence-corrected chi connectivity index (χ2v) is 6.18. The highest BCUT2D eigenvalue weighted by atomic mass is 16.5. The Bertz CT molecular complexity index is 899. The average Bonchev–Trinajstić information content (AvgIpc) is 2.94. The van der Waals surface area contributed by atoms with Crippen molar-refractivity contribution in [2.75, 3.05) is 18.5 Å². The molecule has 0 saturated carbocycles. The molecule has 6 nitrogen and oxygen atoms in total. The van der Waals surface area contributed by atoms with E-state index in [1.54, 1.807) is 12.4 Å². The van der Waals surface area contributed by atoms with Gasteiger partial charge in [-0.05, 0) is 25.1 Å². The van der Waals surface area contributed by atoms with E-state index in [1.807, 2.05) is 25.1 Å². The minimum Gasteiger partial charge on any atom is -0.381 e. The Morgan fingerprint density at radius 2 is 2.21 bits per heavy atom. The van der Waals surface area contributed by atoms with Crippen LogP contribution in [-0.2, 0) is 9.53 Å². The lowest BCUT2D eigenvalue weighted by atomic mass is 10.0. The number of carbonyl (C=O) groups is 1.